The molecule has 0 unspecified atom stereocenters. The Kier molecular flexibility index (Phi) is 4.53. The molecule has 0 atom stereocenters. The van der Waals surface area contributed by atoms with Crippen molar-refractivity contribution in [3.63, 3.8) is 0 Å². The van der Waals surface area contributed by atoms with Gasteiger partial charge in [0.2, 0.25) is 5.91 Å². The quantitative estimate of drug-likeness (QED) is 0.727. The van der Waals surface area contributed by atoms with Crippen LogP contribution in [-0.4, -0.2) is 21.1 Å². The minimum absolute atomic E-state index is 0.168. The van der Waals surface area contributed by atoms with Crippen LogP contribution >= 0.6 is 23.2 Å². The summed E-state index contributed by atoms with van der Waals surface area (Å²) in [6, 6.07) is 11.3. The molecule has 0 bridgehead atoms. The van der Waals surface area contributed by atoms with Crippen molar-refractivity contribution in [2.75, 3.05) is 0 Å². The Morgan fingerprint density at radius 3 is 2.52 bits per heavy atom. The largest absolute Gasteiger partial charge is 0.352 e. The van der Waals surface area contributed by atoms with Crippen molar-refractivity contribution in [2.24, 2.45) is 0 Å². The number of carbonyl (C=O) groups is 1. The number of rotatable bonds is 4. The first kappa shape index (κ1) is 17.8. The lowest BCUT2D eigenvalue weighted by atomic mass is 10.2. The molecule has 0 saturated heterocycles. The van der Waals surface area contributed by atoms with E-state index in [9.17, 15) is 14.4 Å². The van der Waals surface area contributed by atoms with Gasteiger partial charge in [0, 0.05) is 16.1 Å². The van der Waals surface area contributed by atoms with Crippen molar-refractivity contribution < 1.29 is 4.79 Å². The lowest BCUT2D eigenvalue weighted by Gasteiger charge is -2.14. The molecule has 1 aliphatic rings. The molecule has 1 aliphatic carbocycles. The molecule has 27 heavy (non-hydrogen) atoms. The summed E-state index contributed by atoms with van der Waals surface area (Å²) >= 11 is 12.1. The van der Waals surface area contributed by atoms with Gasteiger partial charge in [0.15, 0.2) is 0 Å². The lowest BCUT2D eigenvalue weighted by Crippen LogP contribution is -2.42. The van der Waals surface area contributed by atoms with Crippen LogP contribution in [0.2, 0.25) is 10.0 Å². The van der Waals surface area contributed by atoms with Crippen LogP contribution in [0.25, 0.3) is 16.6 Å². The molecule has 1 aromatic heterocycles. The van der Waals surface area contributed by atoms with E-state index in [1.807, 2.05) is 0 Å². The number of benzene rings is 2. The van der Waals surface area contributed by atoms with E-state index in [-0.39, 0.29) is 23.9 Å². The van der Waals surface area contributed by atoms with Gasteiger partial charge >= 0.3 is 5.69 Å². The molecule has 138 valence electrons. The second kappa shape index (κ2) is 6.87. The number of hydrogen-bond acceptors (Lipinski definition) is 3. The molecule has 2 aromatic carbocycles. The van der Waals surface area contributed by atoms with Crippen molar-refractivity contribution >= 4 is 40.0 Å². The number of halogens is 2. The molecule has 1 N–H and O–H groups in total. The maximum atomic E-state index is 13.1. The standard InChI is InChI=1S/C19H15Cl2N3O3/c20-11-2-1-3-14(8-11)24-18(26)15-7-4-12(21)9-16(15)23(19(24)27)10-17(25)22-13-5-6-13/h1-4,7-9,13H,5-6,10H2,(H,22,25). The highest BCUT2D eigenvalue weighted by atomic mass is 35.5. The molecular weight excluding hydrogens is 389 g/mol. The molecular formula is C19H15Cl2N3O3. The number of fused-ring (bicyclic) bond motifs is 1. The lowest BCUT2D eigenvalue weighted by molar-refractivity contribution is -0.121. The van der Waals surface area contributed by atoms with Gasteiger partial charge in [-0.1, -0.05) is 29.3 Å². The highest BCUT2D eigenvalue weighted by molar-refractivity contribution is 6.31. The van der Waals surface area contributed by atoms with Gasteiger partial charge in [-0.2, -0.15) is 0 Å². The van der Waals surface area contributed by atoms with Crippen LogP contribution in [-0.2, 0) is 11.3 Å². The zero-order chi connectivity index (χ0) is 19.1. The average molecular weight is 404 g/mol. The number of carbonyl (C=O) groups excluding carboxylic acids is 1. The highest BCUT2D eigenvalue weighted by Gasteiger charge is 2.24. The van der Waals surface area contributed by atoms with Crippen LogP contribution < -0.4 is 16.6 Å². The van der Waals surface area contributed by atoms with Gasteiger partial charge in [-0.05, 0) is 49.2 Å². The van der Waals surface area contributed by atoms with Crippen molar-refractivity contribution in [2.45, 2.75) is 25.4 Å². The Morgan fingerprint density at radius 2 is 1.81 bits per heavy atom. The first-order chi connectivity index (χ1) is 12.9. The Bertz CT molecular complexity index is 1180. The third-order valence-corrected chi connectivity index (χ3v) is 4.89. The number of aromatic nitrogens is 2. The maximum Gasteiger partial charge on any atom is 0.336 e. The van der Waals surface area contributed by atoms with E-state index in [4.69, 9.17) is 23.2 Å². The summed E-state index contributed by atoms with van der Waals surface area (Å²) in [4.78, 5) is 38.4. The van der Waals surface area contributed by atoms with Crippen LogP contribution in [0.1, 0.15) is 12.8 Å². The van der Waals surface area contributed by atoms with Gasteiger partial charge in [-0.25, -0.2) is 9.36 Å². The molecule has 0 radical (unpaired) electrons. The summed E-state index contributed by atoms with van der Waals surface area (Å²) in [7, 11) is 0. The van der Waals surface area contributed by atoms with Crippen LogP contribution in [0.15, 0.2) is 52.1 Å². The van der Waals surface area contributed by atoms with Crippen LogP contribution in [0.3, 0.4) is 0 Å². The fraction of sp³-hybridized carbons (Fsp3) is 0.211. The van der Waals surface area contributed by atoms with Gasteiger partial charge in [0.25, 0.3) is 5.56 Å². The zero-order valence-electron chi connectivity index (χ0n) is 14.1. The minimum atomic E-state index is -0.622. The highest BCUT2D eigenvalue weighted by Crippen LogP contribution is 2.20. The van der Waals surface area contributed by atoms with Gasteiger partial charge in [0.1, 0.15) is 6.54 Å². The summed E-state index contributed by atoms with van der Waals surface area (Å²) in [6.45, 7) is -0.201. The molecule has 4 rings (SSSR count). The molecule has 1 heterocycles. The van der Waals surface area contributed by atoms with E-state index in [1.54, 1.807) is 30.3 Å². The smallest absolute Gasteiger partial charge is 0.336 e. The summed E-state index contributed by atoms with van der Waals surface area (Å²) in [5.74, 6) is -0.280. The molecule has 8 heteroatoms. The Morgan fingerprint density at radius 1 is 1.07 bits per heavy atom. The van der Waals surface area contributed by atoms with E-state index >= 15 is 0 Å². The van der Waals surface area contributed by atoms with Crippen molar-refractivity contribution in [1.82, 2.24) is 14.5 Å². The Hall–Kier alpha value is -2.57. The summed E-state index contributed by atoms with van der Waals surface area (Å²) in [6.07, 6.45) is 1.88. The topological polar surface area (TPSA) is 73.1 Å². The predicted octanol–water partition coefficient (Wildman–Crippen LogP) is 2.74. The molecule has 1 fully saturated rings. The van der Waals surface area contributed by atoms with Gasteiger partial charge in [-0.3, -0.25) is 14.2 Å². The van der Waals surface area contributed by atoms with E-state index in [2.05, 4.69) is 5.32 Å². The van der Waals surface area contributed by atoms with Crippen LogP contribution in [0.5, 0.6) is 0 Å². The molecule has 6 nitrogen and oxygen atoms in total. The zero-order valence-corrected chi connectivity index (χ0v) is 15.6. The summed E-state index contributed by atoms with van der Waals surface area (Å²) < 4.78 is 2.29. The van der Waals surface area contributed by atoms with E-state index in [0.717, 1.165) is 17.4 Å². The van der Waals surface area contributed by atoms with Crippen molar-refractivity contribution in [3.05, 3.63) is 73.3 Å². The van der Waals surface area contributed by atoms with Crippen LogP contribution in [0, 0.1) is 0 Å². The van der Waals surface area contributed by atoms with E-state index in [1.165, 1.54) is 16.7 Å². The first-order valence-electron chi connectivity index (χ1n) is 8.44. The molecule has 0 spiro atoms. The minimum Gasteiger partial charge on any atom is -0.352 e. The second-order valence-electron chi connectivity index (χ2n) is 6.49. The van der Waals surface area contributed by atoms with Gasteiger partial charge in [-0.15, -0.1) is 0 Å². The third-order valence-electron chi connectivity index (χ3n) is 4.42. The predicted molar refractivity (Wildman–Crippen MR) is 105 cm³/mol. The summed E-state index contributed by atoms with van der Waals surface area (Å²) in [5.41, 5.74) is -0.455. The second-order valence-corrected chi connectivity index (χ2v) is 7.37. The van der Waals surface area contributed by atoms with Crippen molar-refractivity contribution in [3.8, 4) is 5.69 Å². The number of nitrogens with zero attached hydrogens (tertiary/aromatic N) is 2. The molecule has 1 saturated carbocycles. The van der Waals surface area contributed by atoms with Gasteiger partial charge in [0.05, 0.1) is 16.6 Å². The molecule has 3 aromatic rings. The first-order valence-corrected chi connectivity index (χ1v) is 9.20. The number of hydrogen-bond donors (Lipinski definition) is 1. The fourth-order valence-electron chi connectivity index (χ4n) is 2.98. The van der Waals surface area contributed by atoms with Crippen molar-refractivity contribution in [1.29, 1.82) is 0 Å². The fourth-order valence-corrected chi connectivity index (χ4v) is 3.33. The SMILES string of the molecule is O=C(Cn1c(=O)n(-c2cccc(Cl)c2)c(=O)c2ccc(Cl)cc21)NC1CC1. The molecule has 1 amide bonds. The number of nitrogens with one attached hydrogen (secondary N) is 1. The average Bonchev–Trinajstić information content (AvgIpc) is 3.42. The number of amides is 1. The monoisotopic (exact) mass is 403 g/mol. The third kappa shape index (κ3) is 3.50. The Labute approximate surface area is 163 Å². The van der Waals surface area contributed by atoms with Crippen LogP contribution in [0.4, 0.5) is 0 Å². The molecule has 0 aliphatic heterocycles. The van der Waals surface area contributed by atoms with E-state index in [0.29, 0.717) is 21.2 Å². The van der Waals surface area contributed by atoms with E-state index < -0.39 is 11.2 Å². The van der Waals surface area contributed by atoms with Gasteiger partial charge < -0.3 is 5.32 Å². The maximum absolute atomic E-state index is 13.1. The summed E-state index contributed by atoms with van der Waals surface area (Å²) in [5, 5.41) is 3.91. The normalized spacial score (nSPS) is 13.7. The Balaban J connectivity index is 1.96.